The summed E-state index contributed by atoms with van der Waals surface area (Å²) >= 11 is 0. The van der Waals surface area contributed by atoms with Crippen molar-refractivity contribution in [2.45, 2.75) is 58.0 Å². The summed E-state index contributed by atoms with van der Waals surface area (Å²) in [6.07, 6.45) is 10.5. The number of ketones is 1. The Morgan fingerprint density at radius 2 is 1.88 bits per heavy atom. The van der Waals surface area contributed by atoms with Crippen LogP contribution >= 0.6 is 0 Å². The van der Waals surface area contributed by atoms with Gasteiger partial charge in [0.1, 0.15) is 0 Å². The summed E-state index contributed by atoms with van der Waals surface area (Å²) in [4.78, 5) is 14.3. The molecule has 0 radical (unpaired) electrons. The molecule has 17 heavy (non-hydrogen) atoms. The van der Waals surface area contributed by atoms with E-state index in [2.05, 4.69) is 24.9 Å². The molecule has 1 saturated carbocycles. The minimum Gasteiger partial charge on any atom is -0.370 e. The molecule has 5 atom stereocenters. The number of piperidine rings is 1. The molecule has 1 saturated heterocycles. The molecule has 3 rings (SSSR count). The van der Waals surface area contributed by atoms with Crippen LogP contribution in [0, 0.1) is 17.8 Å². The van der Waals surface area contributed by atoms with Gasteiger partial charge in [0, 0.05) is 24.2 Å². The molecule has 0 bridgehead atoms. The van der Waals surface area contributed by atoms with E-state index in [0.29, 0.717) is 11.8 Å². The summed E-state index contributed by atoms with van der Waals surface area (Å²) in [5, 5.41) is 0. The lowest BCUT2D eigenvalue weighted by molar-refractivity contribution is -0.122. The highest BCUT2D eigenvalue weighted by molar-refractivity contribution is 5.92. The standard InChI is InChI=1S/C15H23NO/c1-10-3-5-14-12(9-10)4-6-13-11(2)15(17)7-8-16(13)14/h7-8,10-14H,3-6,9H2,1-2H3. The monoisotopic (exact) mass is 233 g/mol. The van der Waals surface area contributed by atoms with E-state index in [9.17, 15) is 4.79 Å². The van der Waals surface area contributed by atoms with Crippen LogP contribution in [0.2, 0.25) is 0 Å². The average molecular weight is 233 g/mol. The smallest absolute Gasteiger partial charge is 0.161 e. The molecule has 0 spiro atoms. The fourth-order valence-electron chi connectivity index (χ4n) is 4.20. The number of hydrogen-bond acceptors (Lipinski definition) is 2. The van der Waals surface area contributed by atoms with Crippen molar-refractivity contribution in [2.24, 2.45) is 17.8 Å². The molecule has 5 unspecified atom stereocenters. The summed E-state index contributed by atoms with van der Waals surface area (Å²) in [5.74, 6) is 2.31. The molecule has 0 aromatic rings. The molecule has 2 heterocycles. The molecule has 2 aliphatic heterocycles. The van der Waals surface area contributed by atoms with E-state index >= 15 is 0 Å². The third-order valence-corrected chi connectivity index (χ3v) is 5.24. The fraction of sp³-hybridized carbons (Fsp3) is 0.800. The van der Waals surface area contributed by atoms with Gasteiger partial charge in [0.05, 0.1) is 0 Å². The van der Waals surface area contributed by atoms with Crippen LogP contribution in [0.25, 0.3) is 0 Å². The van der Waals surface area contributed by atoms with E-state index < -0.39 is 0 Å². The SMILES string of the molecule is CC1CCC2C(CCC3C(C)C(=O)C=CN23)C1. The normalized spacial score (nSPS) is 45.4. The Hall–Kier alpha value is -0.790. The Balaban J connectivity index is 1.83. The Bertz CT molecular complexity index is 349. The molecule has 3 aliphatic rings. The summed E-state index contributed by atoms with van der Waals surface area (Å²) in [5.41, 5.74) is 0. The van der Waals surface area contributed by atoms with Crippen molar-refractivity contribution in [3.8, 4) is 0 Å². The molecule has 0 aromatic heterocycles. The second-order valence-electron chi connectivity index (χ2n) is 6.34. The molecule has 0 N–H and O–H groups in total. The number of carbonyl (C=O) groups excluding carboxylic acids is 1. The zero-order valence-corrected chi connectivity index (χ0v) is 10.9. The van der Waals surface area contributed by atoms with Crippen LogP contribution < -0.4 is 0 Å². The van der Waals surface area contributed by atoms with Gasteiger partial charge in [-0.3, -0.25) is 4.79 Å². The molecule has 0 aromatic carbocycles. The van der Waals surface area contributed by atoms with E-state index in [0.717, 1.165) is 17.9 Å². The van der Waals surface area contributed by atoms with Crippen molar-refractivity contribution >= 4 is 5.78 Å². The van der Waals surface area contributed by atoms with Crippen molar-refractivity contribution in [1.29, 1.82) is 0 Å². The van der Waals surface area contributed by atoms with E-state index in [1.807, 2.05) is 6.08 Å². The molecule has 94 valence electrons. The number of nitrogens with zero attached hydrogens (tertiary/aromatic N) is 1. The summed E-state index contributed by atoms with van der Waals surface area (Å²) in [6.45, 7) is 4.50. The van der Waals surface area contributed by atoms with Gasteiger partial charge in [0.2, 0.25) is 0 Å². The second kappa shape index (κ2) is 4.15. The predicted molar refractivity (Wildman–Crippen MR) is 68.5 cm³/mol. The van der Waals surface area contributed by atoms with E-state index in [1.54, 1.807) is 0 Å². The van der Waals surface area contributed by atoms with Crippen LogP contribution in [0.1, 0.15) is 46.0 Å². The molecular weight excluding hydrogens is 210 g/mol. The van der Waals surface area contributed by atoms with Crippen molar-refractivity contribution < 1.29 is 4.79 Å². The maximum Gasteiger partial charge on any atom is 0.161 e. The third kappa shape index (κ3) is 1.82. The van der Waals surface area contributed by atoms with Crippen LogP contribution in [0.4, 0.5) is 0 Å². The van der Waals surface area contributed by atoms with Crippen molar-refractivity contribution in [2.75, 3.05) is 0 Å². The summed E-state index contributed by atoms with van der Waals surface area (Å²) < 4.78 is 0. The van der Waals surface area contributed by atoms with Crippen molar-refractivity contribution in [1.82, 2.24) is 4.90 Å². The molecule has 0 amide bonds. The maximum absolute atomic E-state index is 11.7. The zero-order valence-electron chi connectivity index (χ0n) is 10.9. The van der Waals surface area contributed by atoms with Gasteiger partial charge in [-0.25, -0.2) is 0 Å². The number of hydrogen-bond donors (Lipinski definition) is 0. The van der Waals surface area contributed by atoms with Gasteiger partial charge in [-0.05, 0) is 50.0 Å². The average Bonchev–Trinajstić information content (AvgIpc) is 2.33. The van der Waals surface area contributed by atoms with Crippen LogP contribution in [0.5, 0.6) is 0 Å². The van der Waals surface area contributed by atoms with Crippen LogP contribution in [-0.4, -0.2) is 22.8 Å². The first-order chi connectivity index (χ1) is 8.16. The number of allylic oxidation sites excluding steroid dienone is 1. The highest BCUT2D eigenvalue weighted by Gasteiger charge is 2.42. The van der Waals surface area contributed by atoms with E-state index in [4.69, 9.17) is 0 Å². The highest BCUT2D eigenvalue weighted by Crippen LogP contribution is 2.42. The summed E-state index contributed by atoms with van der Waals surface area (Å²) in [6, 6.07) is 1.21. The van der Waals surface area contributed by atoms with Gasteiger partial charge < -0.3 is 4.90 Å². The first-order valence-electron chi connectivity index (χ1n) is 7.16. The van der Waals surface area contributed by atoms with Gasteiger partial charge in [-0.1, -0.05) is 13.8 Å². The molecular formula is C15H23NO. The Labute approximate surface area is 104 Å². The van der Waals surface area contributed by atoms with E-state index in [1.165, 1.54) is 32.1 Å². The minimum absolute atomic E-state index is 0.209. The van der Waals surface area contributed by atoms with Crippen molar-refractivity contribution in [3.05, 3.63) is 12.3 Å². The summed E-state index contributed by atoms with van der Waals surface area (Å²) in [7, 11) is 0. The van der Waals surface area contributed by atoms with Crippen molar-refractivity contribution in [3.63, 3.8) is 0 Å². The van der Waals surface area contributed by atoms with Crippen LogP contribution in [0.3, 0.4) is 0 Å². The lowest BCUT2D eigenvalue weighted by atomic mass is 9.70. The van der Waals surface area contributed by atoms with Gasteiger partial charge in [0.15, 0.2) is 5.78 Å². The Morgan fingerprint density at radius 1 is 1.12 bits per heavy atom. The molecule has 2 heteroatoms. The lowest BCUT2D eigenvalue weighted by Gasteiger charge is -2.52. The maximum atomic E-state index is 11.7. The highest BCUT2D eigenvalue weighted by atomic mass is 16.1. The number of carbonyl (C=O) groups is 1. The molecule has 1 aliphatic carbocycles. The van der Waals surface area contributed by atoms with Crippen LogP contribution in [0.15, 0.2) is 12.3 Å². The largest absolute Gasteiger partial charge is 0.370 e. The quantitative estimate of drug-likeness (QED) is 0.641. The zero-order chi connectivity index (χ0) is 12.0. The molecule has 2 nitrogen and oxygen atoms in total. The lowest BCUT2D eigenvalue weighted by Crippen LogP contribution is -2.55. The third-order valence-electron chi connectivity index (χ3n) is 5.24. The first-order valence-corrected chi connectivity index (χ1v) is 7.16. The topological polar surface area (TPSA) is 20.3 Å². The molecule has 2 fully saturated rings. The first kappa shape index (κ1) is 11.3. The van der Waals surface area contributed by atoms with E-state index in [-0.39, 0.29) is 5.92 Å². The van der Waals surface area contributed by atoms with Gasteiger partial charge >= 0.3 is 0 Å². The fourth-order valence-corrected chi connectivity index (χ4v) is 4.20. The number of fused-ring (bicyclic) bond motifs is 3. The second-order valence-corrected chi connectivity index (χ2v) is 6.34. The van der Waals surface area contributed by atoms with Gasteiger partial charge in [-0.15, -0.1) is 0 Å². The Kier molecular flexibility index (Phi) is 2.76. The minimum atomic E-state index is 0.209. The number of rotatable bonds is 0. The predicted octanol–water partition coefficient (Wildman–Crippen LogP) is 2.99. The van der Waals surface area contributed by atoms with Crippen LogP contribution in [-0.2, 0) is 4.79 Å². The van der Waals surface area contributed by atoms with Gasteiger partial charge in [0.25, 0.3) is 0 Å². The van der Waals surface area contributed by atoms with Gasteiger partial charge in [-0.2, -0.15) is 0 Å². The Morgan fingerprint density at radius 3 is 2.71 bits per heavy atom.